The van der Waals surface area contributed by atoms with Gasteiger partial charge >= 0.3 is 0 Å². The lowest BCUT2D eigenvalue weighted by Crippen LogP contribution is -2.26. The third kappa shape index (κ3) is 7.74. The molecule has 0 bridgehead atoms. The summed E-state index contributed by atoms with van der Waals surface area (Å²) >= 11 is 1.74. The van der Waals surface area contributed by atoms with E-state index in [4.69, 9.17) is 10.8 Å². The molecule has 0 spiro atoms. The van der Waals surface area contributed by atoms with Gasteiger partial charge in [-0.15, -0.1) is 0 Å². The number of aliphatic hydroxyl groups is 1. The summed E-state index contributed by atoms with van der Waals surface area (Å²) in [5.41, 5.74) is 7.51. The third-order valence-corrected chi connectivity index (χ3v) is 3.68. The second-order valence-electron chi connectivity index (χ2n) is 4.28. The highest BCUT2D eigenvalue weighted by Gasteiger charge is 2.02. The highest BCUT2D eigenvalue weighted by atomic mass is 32.2. The van der Waals surface area contributed by atoms with E-state index in [0.717, 1.165) is 29.2 Å². The van der Waals surface area contributed by atoms with Gasteiger partial charge in [0.2, 0.25) is 5.91 Å². The number of aliphatic hydroxyl groups excluding tert-OH is 1. The molecule has 106 valence electrons. The van der Waals surface area contributed by atoms with Crippen molar-refractivity contribution in [3.05, 3.63) is 29.8 Å². The Labute approximate surface area is 118 Å². The lowest BCUT2D eigenvalue weighted by molar-refractivity contribution is -0.120. The Balaban J connectivity index is 2.08. The zero-order valence-corrected chi connectivity index (χ0v) is 11.9. The molecule has 0 saturated heterocycles. The highest BCUT2D eigenvalue weighted by molar-refractivity contribution is 7.99. The Hall–Kier alpha value is -1.20. The number of nitrogens with two attached hydrogens (primary N) is 1. The number of thioether (sulfide) groups is 1. The molecule has 0 aliphatic heterocycles. The molecule has 0 atom stereocenters. The minimum atomic E-state index is 0.0742. The van der Waals surface area contributed by atoms with Crippen molar-refractivity contribution in [1.82, 2.24) is 5.32 Å². The van der Waals surface area contributed by atoms with E-state index in [1.807, 2.05) is 24.3 Å². The van der Waals surface area contributed by atoms with Crippen molar-refractivity contribution in [2.75, 3.05) is 30.4 Å². The first-order chi connectivity index (χ1) is 9.22. The fourth-order valence-corrected chi connectivity index (χ4v) is 2.41. The molecule has 4 nitrogen and oxygen atoms in total. The SMILES string of the molecule is Nc1cccc(CCC(=O)NCCSCCCO)c1. The van der Waals surface area contributed by atoms with Gasteiger partial charge in [-0.3, -0.25) is 4.79 Å². The van der Waals surface area contributed by atoms with Crippen LogP contribution in [0.25, 0.3) is 0 Å². The van der Waals surface area contributed by atoms with Gasteiger partial charge in [0.05, 0.1) is 0 Å². The molecule has 1 amide bonds. The predicted octanol–water partition coefficient (Wildman–Crippen LogP) is 1.43. The molecule has 4 N–H and O–H groups in total. The summed E-state index contributed by atoms with van der Waals surface area (Å²) in [5, 5.41) is 11.5. The third-order valence-electron chi connectivity index (χ3n) is 2.61. The highest BCUT2D eigenvalue weighted by Crippen LogP contribution is 2.08. The molecule has 0 heterocycles. The Kier molecular flexibility index (Phi) is 8.09. The van der Waals surface area contributed by atoms with E-state index >= 15 is 0 Å². The number of benzene rings is 1. The Morgan fingerprint density at radius 2 is 2.21 bits per heavy atom. The molecule has 0 saturated carbocycles. The molecule has 5 heteroatoms. The maximum absolute atomic E-state index is 11.6. The van der Waals surface area contributed by atoms with Crippen molar-refractivity contribution in [2.45, 2.75) is 19.3 Å². The van der Waals surface area contributed by atoms with Crippen molar-refractivity contribution in [2.24, 2.45) is 0 Å². The van der Waals surface area contributed by atoms with Crippen molar-refractivity contribution < 1.29 is 9.90 Å². The normalized spacial score (nSPS) is 10.4. The average molecular weight is 282 g/mol. The van der Waals surface area contributed by atoms with Gasteiger partial charge in [-0.2, -0.15) is 11.8 Å². The molecule has 0 fully saturated rings. The van der Waals surface area contributed by atoms with Crippen LogP contribution in [0.2, 0.25) is 0 Å². The second-order valence-corrected chi connectivity index (χ2v) is 5.51. The van der Waals surface area contributed by atoms with Crippen LogP contribution in [-0.4, -0.2) is 35.7 Å². The molecule has 0 aromatic heterocycles. The fourth-order valence-electron chi connectivity index (χ4n) is 1.63. The number of hydrogen-bond donors (Lipinski definition) is 3. The zero-order valence-electron chi connectivity index (χ0n) is 11.1. The lowest BCUT2D eigenvalue weighted by atomic mass is 10.1. The van der Waals surface area contributed by atoms with E-state index in [2.05, 4.69) is 5.32 Å². The van der Waals surface area contributed by atoms with Gasteiger partial charge in [0.25, 0.3) is 0 Å². The van der Waals surface area contributed by atoms with Crippen LogP contribution in [0.3, 0.4) is 0 Å². The average Bonchev–Trinajstić information content (AvgIpc) is 2.40. The second kappa shape index (κ2) is 9.69. The van der Waals surface area contributed by atoms with Gasteiger partial charge < -0.3 is 16.2 Å². The molecular formula is C14H22N2O2S. The number of aryl methyl sites for hydroxylation is 1. The molecule has 0 aliphatic rings. The number of carbonyl (C=O) groups is 1. The Bertz CT molecular complexity index is 385. The first-order valence-corrected chi connectivity index (χ1v) is 7.67. The van der Waals surface area contributed by atoms with Crippen molar-refractivity contribution in [3.63, 3.8) is 0 Å². The molecular weight excluding hydrogens is 260 g/mol. The van der Waals surface area contributed by atoms with Gasteiger partial charge in [0.1, 0.15) is 0 Å². The van der Waals surface area contributed by atoms with Gasteiger partial charge in [-0.1, -0.05) is 12.1 Å². The van der Waals surface area contributed by atoms with Crippen LogP contribution >= 0.6 is 11.8 Å². The summed E-state index contributed by atoms with van der Waals surface area (Å²) < 4.78 is 0. The monoisotopic (exact) mass is 282 g/mol. The molecule has 0 unspecified atom stereocenters. The number of carbonyl (C=O) groups excluding carboxylic acids is 1. The largest absolute Gasteiger partial charge is 0.399 e. The molecule has 1 aromatic carbocycles. The van der Waals surface area contributed by atoms with Crippen LogP contribution in [-0.2, 0) is 11.2 Å². The van der Waals surface area contributed by atoms with Crippen LogP contribution < -0.4 is 11.1 Å². The molecule has 1 aromatic rings. The van der Waals surface area contributed by atoms with E-state index in [1.54, 1.807) is 11.8 Å². The van der Waals surface area contributed by atoms with Gasteiger partial charge in [0, 0.05) is 31.0 Å². The van der Waals surface area contributed by atoms with Crippen molar-refractivity contribution >= 4 is 23.4 Å². The lowest BCUT2D eigenvalue weighted by Gasteiger charge is -2.05. The minimum Gasteiger partial charge on any atom is -0.399 e. The summed E-state index contributed by atoms with van der Waals surface area (Å²) in [5.74, 6) is 1.91. The first kappa shape index (κ1) is 15.9. The topological polar surface area (TPSA) is 75.4 Å². The number of amides is 1. The number of nitrogens with one attached hydrogen (secondary N) is 1. The first-order valence-electron chi connectivity index (χ1n) is 6.52. The quantitative estimate of drug-likeness (QED) is 0.473. The van der Waals surface area contributed by atoms with E-state index in [1.165, 1.54) is 0 Å². The van der Waals surface area contributed by atoms with Crippen LogP contribution in [0, 0.1) is 0 Å². The number of anilines is 1. The summed E-state index contributed by atoms with van der Waals surface area (Å²) in [4.78, 5) is 11.6. The molecule has 0 radical (unpaired) electrons. The summed E-state index contributed by atoms with van der Waals surface area (Å²) in [7, 11) is 0. The maximum atomic E-state index is 11.6. The smallest absolute Gasteiger partial charge is 0.220 e. The van der Waals surface area contributed by atoms with E-state index in [0.29, 0.717) is 19.4 Å². The van der Waals surface area contributed by atoms with Crippen LogP contribution in [0.15, 0.2) is 24.3 Å². The standard InChI is InChI=1S/C14H22N2O2S/c15-13-4-1-3-12(11-13)5-6-14(18)16-7-10-19-9-2-8-17/h1,3-4,11,17H,2,5-10,15H2,(H,16,18). The Morgan fingerprint density at radius 3 is 2.95 bits per heavy atom. The predicted molar refractivity (Wildman–Crippen MR) is 81.2 cm³/mol. The summed E-state index contributed by atoms with van der Waals surface area (Å²) in [6, 6.07) is 7.62. The van der Waals surface area contributed by atoms with E-state index in [-0.39, 0.29) is 12.5 Å². The number of nitrogen functional groups attached to an aromatic ring is 1. The zero-order chi connectivity index (χ0) is 13.9. The van der Waals surface area contributed by atoms with Crippen LogP contribution in [0.1, 0.15) is 18.4 Å². The molecule has 0 aliphatic carbocycles. The van der Waals surface area contributed by atoms with Crippen molar-refractivity contribution in [3.8, 4) is 0 Å². The maximum Gasteiger partial charge on any atom is 0.220 e. The van der Waals surface area contributed by atoms with Crippen LogP contribution in [0.5, 0.6) is 0 Å². The van der Waals surface area contributed by atoms with E-state index < -0.39 is 0 Å². The van der Waals surface area contributed by atoms with Crippen molar-refractivity contribution in [1.29, 1.82) is 0 Å². The van der Waals surface area contributed by atoms with Crippen LogP contribution in [0.4, 0.5) is 5.69 Å². The number of hydrogen-bond acceptors (Lipinski definition) is 4. The Morgan fingerprint density at radius 1 is 1.37 bits per heavy atom. The molecule has 19 heavy (non-hydrogen) atoms. The molecule has 1 rings (SSSR count). The fraction of sp³-hybridized carbons (Fsp3) is 0.500. The summed E-state index contributed by atoms with van der Waals surface area (Å²) in [6.07, 6.45) is 2.02. The van der Waals surface area contributed by atoms with Gasteiger partial charge in [-0.05, 0) is 36.3 Å². The van der Waals surface area contributed by atoms with Gasteiger partial charge in [0.15, 0.2) is 0 Å². The minimum absolute atomic E-state index is 0.0742. The van der Waals surface area contributed by atoms with E-state index in [9.17, 15) is 4.79 Å². The summed E-state index contributed by atoms with van der Waals surface area (Å²) in [6.45, 7) is 0.922. The van der Waals surface area contributed by atoms with Gasteiger partial charge in [-0.25, -0.2) is 0 Å². The number of rotatable bonds is 9.